The van der Waals surface area contributed by atoms with E-state index in [-0.39, 0.29) is 0 Å². The largest absolute Gasteiger partial charge is 0.358 e. The van der Waals surface area contributed by atoms with E-state index in [1.54, 1.807) is 0 Å². The molecule has 0 bridgehead atoms. The number of aromatic nitrogens is 1. The number of aromatic amines is 1. The highest BCUT2D eigenvalue weighted by Crippen LogP contribution is 2.32. The fourth-order valence-electron chi connectivity index (χ4n) is 2.88. The molecule has 1 aromatic carbocycles. The summed E-state index contributed by atoms with van der Waals surface area (Å²) in [6.07, 6.45) is 0. The fraction of sp³-hybridized carbons (Fsp3) is 0.429. The number of H-pyrrole nitrogens is 1. The van der Waals surface area contributed by atoms with E-state index in [2.05, 4.69) is 63.3 Å². The van der Waals surface area contributed by atoms with E-state index in [9.17, 15) is 0 Å². The first kappa shape index (κ1) is 12.2. The molecule has 3 rings (SSSR count). The van der Waals surface area contributed by atoms with Gasteiger partial charge in [0, 0.05) is 46.7 Å². The first-order valence-electron chi connectivity index (χ1n) is 6.35. The average Bonchev–Trinajstić information content (AvgIpc) is 2.66. The predicted molar refractivity (Wildman–Crippen MR) is 79.0 cm³/mol. The number of rotatable bonds is 1. The molecular weight excluding hydrogens is 290 g/mol. The Morgan fingerprint density at radius 3 is 3.00 bits per heavy atom. The molecule has 1 fully saturated rings. The van der Waals surface area contributed by atoms with Gasteiger partial charge in [-0.2, -0.15) is 0 Å². The first-order chi connectivity index (χ1) is 8.66. The van der Waals surface area contributed by atoms with E-state index < -0.39 is 0 Å². The quantitative estimate of drug-likeness (QED) is 0.849. The van der Waals surface area contributed by atoms with Gasteiger partial charge in [0.2, 0.25) is 0 Å². The summed E-state index contributed by atoms with van der Waals surface area (Å²) in [5.41, 5.74) is 3.94. The summed E-state index contributed by atoms with van der Waals surface area (Å²) < 4.78 is 1.14. The molecule has 3 nitrogen and oxygen atoms in total. The van der Waals surface area contributed by atoms with E-state index in [0.29, 0.717) is 6.04 Å². The van der Waals surface area contributed by atoms with Crippen molar-refractivity contribution in [3.8, 4) is 0 Å². The van der Waals surface area contributed by atoms with Crippen molar-refractivity contribution in [1.82, 2.24) is 15.2 Å². The van der Waals surface area contributed by atoms with E-state index in [1.165, 1.54) is 22.2 Å². The number of benzene rings is 1. The van der Waals surface area contributed by atoms with Crippen LogP contribution in [0.1, 0.15) is 17.3 Å². The molecule has 1 aliphatic rings. The highest BCUT2D eigenvalue weighted by Gasteiger charge is 2.25. The van der Waals surface area contributed by atoms with Crippen LogP contribution in [0.2, 0.25) is 0 Å². The molecule has 96 valence electrons. The lowest BCUT2D eigenvalue weighted by Gasteiger charge is -2.33. The smallest absolute Gasteiger partial charge is 0.0494 e. The van der Waals surface area contributed by atoms with Crippen LogP contribution >= 0.6 is 15.9 Å². The number of fused-ring (bicyclic) bond motifs is 1. The van der Waals surface area contributed by atoms with Crippen LogP contribution in [0, 0.1) is 6.92 Å². The van der Waals surface area contributed by atoms with Crippen molar-refractivity contribution in [3.63, 3.8) is 0 Å². The topological polar surface area (TPSA) is 31.1 Å². The molecule has 1 unspecified atom stereocenters. The number of halogens is 1. The molecule has 4 heteroatoms. The molecule has 1 atom stereocenters. The Hall–Kier alpha value is -0.840. The Balaban J connectivity index is 2.14. The minimum Gasteiger partial charge on any atom is -0.358 e. The highest BCUT2D eigenvalue weighted by molar-refractivity contribution is 9.10. The van der Waals surface area contributed by atoms with Crippen LogP contribution in [0.5, 0.6) is 0 Å². The molecule has 0 saturated carbocycles. The molecule has 0 spiro atoms. The summed E-state index contributed by atoms with van der Waals surface area (Å²) in [6.45, 7) is 5.38. The third-order valence-corrected chi connectivity index (χ3v) is 4.34. The van der Waals surface area contributed by atoms with Gasteiger partial charge in [0.1, 0.15) is 0 Å². The molecule has 1 aromatic heterocycles. The minimum absolute atomic E-state index is 0.460. The van der Waals surface area contributed by atoms with Crippen LogP contribution in [-0.4, -0.2) is 36.6 Å². The second-order valence-electron chi connectivity index (χ2n) is 5.05. The van der Waals surface area contributed by atoms with Gasteiger partial charge >= 0.3 is 0 Å². The zero-order valence-corrected chi connectivity index (χ0v) is 12.3. The number of hydrogen-bond acceptors (Lipinski definition) is 2. The molecule has 2 N–H and O–H groups in total. The van der Waals surface area contributed by atoms with Crippen molar-refractivity contribution < 1.29 is 0 Å². The van der Waals surface area contributed by atoms with Gasteiger partial charge < -0.3 is 10.3 Å². The Bertz CT molecular complexity index is 576. The first-order valence-corrected chi connectivity index (χ1v) is 7.15. The van der Waals surface area contributed by atoms with Gasteiger partial charge in [0.25, 0.3) is 0 Å². The average molecular weight is 308 g/mol. The van der Waals surface area contributed by atoms with Crippen molar-refractivity contribution >= 4 is 26.8 Å². The summed E-state index contributed by atoms with van der Waals surface area (Å²) in [7, 11) is 2.21. The Labute approximate surface area is 116 Å². The van der Waals surface area contributed by atoms with Gasteiger partial charge in [-0.15, -0.1) is 0 Å². The molecule has 1 saturated heterocycles. The molecular formula is C14H18BrN3. The summed E-state index contributed by atoms with van der Waals surface area (Å²) in [5.74, 6) is 0. The monoisotopic (exact) mass is 307 g/mol. The minimum atomic E-state index is 0.460. The molecule has 2 heterocycles. The van der Waals surface area contributed by atoms with Gasteiger partial charge in [-0.1, -0.05) is 15.9 Å². The predicted octanol–water partition coefficient (Wildman–Crippen LogP) is 2.81. The maximum atomic E-state index is 3.57. The summed E-state index contributed by atoms with van der Waals surface area (Å²) in [6, 6.07) is 6.91. The SMILES string of the molecule is Cc1[nH]c2ccc(Br)cc2c1C1CNCCN1C. The maximum Gasteiger partial charge on any atom is 0.0494 e. The third kappa shape index (κ3) is 1.98. The van der Waals surface area contributed by atoms with Crippen LogP contribution in [0.4, 0.5) is 0 Å². The Morgan fingerprint density at radius 2 is 2.22 bits per heavy atom. The number of hydrogen-bond donors (Lipinski definition) is 2. The summed E-state index contributed by atoms with van der Waals surface area (Å²) in [5, 5.41) is 4.83. The van der Waals surface area contributed by atoms with Crippen molar-refractivity contribution in [1.29, 1.82) is 0 Å². The van der Waals surface area contributed by atoms with Gasteiger partial charge in [0.05, 0.1) is 0 Å². The van der Waals surface area contributed by atoms with Gasteiger partial charge in [-0.05, 0) is 37.7 Å². The summed E-state index contributed by atoms with van der Waals surface area (Å²) in [4.78, 5) is 5.93. The molecule has 0 radical (unpaired) electrons. The lowest BCUT2D eigenvalue weighted by Crippen LogP contribution is -2.43. The van der Waals surface area contributed by atoms with Gasteiger partial charge in [0.15, 0.2) is 0 Å². The lowest BCUT2D eigenvalue weighted by molar-refractivity contribution is 0.203. The zero-order valence-electron chi connectivity index (χ0n) is 10.8. The van der Waals surface area contributed by atoms with Crippen molar-refractivity contribution in [2.24, 2.45) is 0 Å². The zero-order chi connectivity index (χ0) is 12.7. The number of aryl methyl sites for hydroxylation is 1. The normalized spacial score (nSPS) is 21.6. The number of piperazine rings is 1. The molecule has 1 aliphatic heterocycles. The van der Waals surface area contributed by atoms with Crippen molar-refractivity contribution in [2.75, 3.05) is 26.7 Å². The van der Waals surface area contributed by atoms with E-state index in [0.717, 1.165) is 24.1 Å². The van der Waals surface area contributed by atoms with Crippen LogP contribution in [0.3, 0.4) is 0 Å². The van der Waals surface area contributed by atoms with Crippen LogP contribution in [-0.2, 0) is 0 Å². The van der Waals surface area contributed by atoms with Gasteiger partial charge in [-0.3, -0.25) is 4.90 Å². The van der Waals surface area contributed by atoms with E-state index >= 15 is 0 Å². The Kier molecular flexibility index (Phi) is 3.18. The van der Waals surface area contributed by atoms with Crippen LogP contribution in [0.15, 0.2) is 22.7 Å². The standard InChI is InChI=1S/C14H18BrN3/c1-9-14(13-8-16-5-6-18(13)2)11-7-10(15)3-4-12(11)17-9/h3-4,7,13,16-17H,5-6,8H2,1-2H3. The van der Waals surface area contributed by atoms with Crippen LogP contribution in [0.25, 0.3) is 10.9 Å². The van der Waals surface area contributed by atoms with Crippen LogP contribution < -0.4 is 5.32 Å². The van der Waals surface area contributed by atoms with Crippen molar-refractivity contribution in [3.05, 3.63) is 33.9 Å². The maximum absolute atomic E-state index is 3.57. The molecule has 0 aliphatic carbocycles. The fourth-order valence-corrected chi connectivity index (χ4v) is 3.24. The number of likely N-dealkylation sites (N-methyl/N-ethyl adjacent to an activating group) is 1. The number of nitrogens with one attached hydrogen (secondary N) is 2. The van der Waals surface area contributed by atoms with E-state index in [1.807, 2.05) is 0 Å². The van der Waals surface area contributed by atoms with E-state index in [4.69, 9.17) is 0 Å². The van der Waals surface area contributed by atoms with Gasteiger partial charge in [-0.25, -0.2) is 0 Å². The third-order valence-electron chi connectivity index (χ3n) is 3.84. The summed E-state index contributed by atoms with van der Waals surface area (Å²) >= 11 is 3.57. The second-order valence-corrected chi connectivity index (χ2v) is 5.97. The molecule has 18 heavy (non-hydrogen) atoms. The Morgan fingerprint density at radius 1 is 1.39 bits per heavy atom. The second kappa shape index (κ2) is 4.68. The van der Waals surface area contributed by atoms with Crippen molar-refractivity contribution in [2.45, 2.75) is 13.0 Å². The molecule has 0 amide bonds. The molecule has 2 aromatic rings. The number of nitrogens with zero attached hydrogens (tertiary/aromatic N) is 1. The highest BCUT2D eigenvalue weighted by atomic mass is 79.9. The lowest BCUT2D eigenvalue weighted by atomic mass is 10.0.